The van der Waals surface area contributed by atoms with E-state index in [9.17, 15) is 9.59 Å². The lowest BCUT2D eigenvalue weighted by Crippen LogP contribution is -2.26. The molecule has 0 unspecified atom stereocenters. The fraction of sp³-hybridized carbons (Fsp3) is 0.292. The Hall–Kier alpha value is -3.81. The number of hydrogen-bond donors (Lipinski definition) is 2. The minimum atomic E-state index is -0.312. The molecule has 0 aliphatic heterocycles. The quantitative estimate of drug-likeness (QED) is 0.503. The molecule has 3 aromatic rings. The molecule has 8 nitrogen and oxygen atoms in total. The van der Waals surface area contributed by atoms with Gasteiger partial charge < -0.3 is 20.1 Å². The maximum absolute atomic E-state index is 12.7. The summed E-state index contributed by atoms with van der Waals surface area (Å²) in [4.78, 5) is 25.1. The minimum Gasteiger partial charge on any atom is -0.497 e. The number of benzene rings is 2. The number of rotatable bonds is 10. The zero-order chi connectivity index (χ0) is 22.9. The number of carbonyl (C=O) groups is 2. The van der Waals surface area contributed by atoms with E-state index in [2.05, 4.69) is 15.7 Å². The largest absolute Gasteiger partial charge is 0.497 e. The zero-order valence-corrected chi connectivity index (χ0v) is 18.6. The van der Waals surface area contributed by atoms with Crippen molar-refractivity contribution in [2.75, 3.05) is 19.0 Å². The van der Waals surface area contributed by atoms with Gasteiger partial charge in [-0.15, -0.1) is 0 Å². The van der Waals surface area contributed by atoms with Crippen molar-refractivity contribution in [1.29, 1.82) is 0 Å². The van der Waals surface area contributed by atoms with Crippen molar-refractivity contribution in [3.63, 3.8) is 0 Å². The summed E-state index contributed by atoms with van der Waals surface area (Å²) in [6.45, 7) is 5.40. The van der Waals surface area contributed by atoms with E-state index in [1.54, 1.807) is 30.1 Å². The third-order valence-electron chi connectivity index (χ3n) is 4.77. The molecule has 0 aliphatic carbocycles. The molecule has 1 heterocycles. The number of anilines is 1. The third kappa shape index (κ3) is 5.87. The monoisotopic (exact) mass is 436 g/mol. The van der Waals surface area contributed by atoms with Crippen LogP contribution >= 0.6 is 0 Å². The number of amides is 2. The van der Waals surface area contributed by atoms with Crippen LogP contribution in [0, 0.1) is 0 Å². The van der Waals surface area contributed by atoms with Gasteiger partial charge in [-0.3, -0.25) is 14.3 Å². The van der Waals surface area contributed by atoms with Gasteiger partial charge in [0.25, 0.3) is 11.8 Å². The van der Waals surface area contributed by atoms with Crippen LogP contribution in [0.15, 0.2) is 54.7 Å². The number of aryl methyl sites for hydroxylation is 1. The van der Waals surface area contributed by atoms with Gasteiger partial charge in [-0.05, 0) is 55.3 Å². The molecule has 0 fully saturated rings. The highest BCUT2D eigenvalue weighted by molar-refractivity contribution is 6.08. The summed E-state index contributed by atoms with van der Waals surface area (Å²) in [5.41, 5.74) is 1.99. The lowest BCUT2D eigenvalue weighted by atomic mass is 10.1. The second-order valence-electron chi connectivity index (χ2n) is 7.12. The first-order chi connectivity index (χ1) is 15.5. The Morgan fingerprint density at radius 1 is 0.969 bits per heavy atom. The van der Waals surface area contributed by atoms with E-state index in [1.807, 2.05) is 50.2 Å². The van der Waals surface area contributed by atoms with Gasteiger partial charge in [0.05, 0.1) is 12.8 Å². The third-order valence-corrected chi connectivity index (χ3v) is 4.77. The van der Waals surface area contributed by atoms with Crippen molar-refractivity contribution in [3.05, 3.63) is 71.5 Å². The summed E-state index contributed by atoms with van der Waals surface area (Å²) in [6, 6.07) is 14.5. The Morgan fingerprint density at radius 3 is 2.28 bits per heavy atom. The highest BCUT2D eigenvalue weighted by Gasteiger charge is 2.18. The molecular weight excluding hydrogens is 408 g/mol. The number of carbonyl (C=O) groups excluding carboxylic acids is 2. The van der Waals surface area contributed by atoms with Crippen molar-refractivity contribution in [3.8, 4) is 11.5 Å². The number of nitrogens with one attached hydrogen (secondary N) is 2. The molecule has 2 N–H and O–H groups in total. The van der Waals surface area contributed by atoms with E-state index in [4.69, 9.17) is 9.47 Å². The Labute approximate surface area is 187 Å². The first-order valence-corrected chi connectivity index (χ1v) is 10.6. The predicted molar refractivity (Wildman–Crippen MR) is 122 cm³/mol. The topological polar surface area (TPSA) is 94.5 Å². The minimum absolute atomic E-state index is 0.207. The van der Waals surface area contributed by atoms with Crippen LogP contribution in [0.3, 0.4) is 0 Å². The fourth-order valence-electron chi connectivity index (χ4n) is 2.95. The van der Waals surface area contributed by atoms with Gasteiger partial charge in [0, 0.05) is 24.8 Å². The normalized spacial score (nSPS) is 10.5. The van der Waals surface area contributed by atoms with Gasteiger partial charge in [-0.1, -0.05) is 19.1 Å². The molecule has 1 aromatic heterocycles. The van der Waals surface area contributed by atoms with Crippen LogP contribution in [0.5, 0.6) is 11.5 Å². The second kappa shape index (κ2) is 11.0. The second-order valence-corrected chi connectivity index (χ2v) is 7.12. The lowest BCUT2D eigenvalue weighted by molar-refractivity contribution is 0.0948. The molecule has 0 atom stereocenters. The Morgan fingerprint density at radius 2 is 1.66 bits per heavy atom. The van der Waals surface area contributed by atoms with Crippen molar-refractivity contribution in [2.45, 2.75) is 33.4 Å². The van der Waals surface area contributed by atoms with E-state index in [1.165, 1.54) is 0 Å². The smallest absolute Gasteiger partial charge is 0.273 e. The standard InChI is InChI=1S/C24H28N4O4/c1-4-14-25-24(30)22-21(15-28(5-2)27-22)26-23(29)18-8-6-17(7-9-18)16-32-20-12-10-19(31-3)11-13-20/h6-13,15H,4-5,14,16H2,1-3H3,(H,25,30)(H,26,29). The Kier molecular flexibility index (Phi) is 7.85. The molecule has 2 amide bonds. The van der Waals surface area contributed by atoms with Gasteiger partial charge in [-0.2, -0.15) is 5.10 Å². The van der Waals surface area contributed by atoms with Gasteiger partial charge in [0.1, 0.15) is 18.1 Å². The average Bonchev–Trinajstić information content (AvgIpc) is 3.24. The van der Waals surface area contributed by atoms with E-state index in [0.717, 1.165) is 23.5 Å². The molecule has 8 heteroatoms. The predicted octanol–water partition coefficient (Wildman–Crippen LogP) is 3.88. The molecule has 168 valence electrons. The summed E-state index contributed by atoms with van der Waals surface area (Å²) in [5.74, 6) is 0.880. The van der Waals surface area contributed by atoms with Crippen LogP contribution < -0.4 is 20.1 Å². The summed E-state index contributed by atoms with van der Waals surface area (Å²) >= 11 is 0. The number of aromatic nitrogens is 2. The van der Waals surface area contributed by atoms with Crippen molar-refractivity contribution < 1.29 is 19.1 Å². The molecular formula is C24H28N4O4. The molecule has 0 saturated carbocycles. The lowest BCUT2D eigenvalue weighted by Gasteiger charge is -2.09. The van der Waals surface area contributed by atoms with Crippen LogP contribution in [0.2, 0.25) is 0 Å². The van der Waals surface area contributed by atoms with E-state index in [0.29, 0.717) is 30.9 Å². The number of hydrogen-bond acceptors (Lipinski definition) is 5. The van der Waals surface area contributed by atoms with E-state index < -0.39 is 0 Å². The SMILES string of the molecule is CCCNC(=O)c1nn(CC)cc1NC(=O)c1ccc(COc2ccc(OC)cc2)cc1. The molecule has 3 rings (SSSR count). The van der Waals surface area contributed by atoms with Gasteiger partial charge in [-0.25, -0.2) is 0 Å². The van der Waals surface area contributed by atoms with Crippen molar-refractivity contribution in [1.82, 2.24) is 15.1 Å². The fourth-order valence-corrected chi connectivity index (χ4v) is 2.95. The average molecular weight is 437 g/mol. The molecule has 0 saturated heterocycles. The van der Waals surface area contributed by atoms with Gasteiger partial charge in [0.2, 0.25) is 0 Å². The summed E-state index contributed by atoms with van der Waals surface area (Å²) < 4.78 is 12.5. The van der Waals surface area contributed by atoms with Crippen LogP contribution in [0.1, 0.15) is 46.7 Å². The summed E-state index contributed by atoms with van der Waals surface area (Å²) in [5, 5.41) is 9.87. The zero-order valence-electron chi connectivity index (χ0n) is 18.6. The highest BCUT2D eigenvalue weighted by atomic mass is 16.5. The number of methoxy groups -OCH3 is 1. The molecule has 32 heavy (non-hydrogen) atoms. The molecule has 2 aromatic carbocycles. The highest BCUT2D eigenvalue weighted by Crippen LogP contribution is 2.19. The first-order valence-electron chi connectivity index (χ1n) is 10.6. The molecule has 0 radical (unpaired) electrons. The summed E-state index contributed by atoms with van der Waals surface area (Å²) in [6.07, 6.45) is 2.48. The van der Waals surface area contributed by atoms with E-state index >= 15 is 0 Å². The van der Waals surface area contributed by atoms with Gasteiger partial charge in [0.15, 0.2) is 5.69 Å². The number of ether oxygens (including phenoxy) is 2. The summed E-state index contributed by atoms with van der Waals surface area (Å²) in [7, 11) is 1.62. The Balaban J connectivity index is 1.63. The van der Waals surface area contributed by atoms with Crippen LogP contribution in [-0.4, -0.2) is 35.2 Å². The van der Waals surface area contributed by atoms with Crippen molar-refractivity contribution in [2.24, 2.45) is 0 Å². The number of nitrogens with zero attached hydrogens (tertiary/aromatic N) is 2. The van der Waals surface area contributed by atoms with Crippen LogP contribution in [-0.2, 0) is 13.2 Å². The molecule has 0 spiro atoms. The van der Waals surface area contributed by atoms with Crippen molar-refractivity contribution >= 4 is 17.5 Å². The van der Waals surface area contributed by atoms with Crippen LogP contribution in [0.4, 0.5) is 5.69 Å². The maximum atomic E-state index is 12.7. The Bertz CT molecular complexity index is 1040. The first kappa shape index (κ1) is 22.9. The molecule has 0 aliphatic rings. The molecule has 0 bridgehead atoms. The van der Waals surface area contributed by atoms with E-state index in [-0.39, 0.29) is 17.5 Å². The van der Waals surface area contributed by atoms with Gasteiger partial charge >= 0.3 is 0 Å². The maximum Gasteiger partial charge on any atom is 0.273 e. The van der Waals surface area contributed by atoms with Crippen LogP contribution in [0.25, 0.3) is 0 Å².